The van der Waals surface area contributed by atoms with Crippen LogP contribution in [0.15, 0.2) is 134 Å². The van der Waals surface area contributed by atoms with Crippen LogP contribution in [0.3, 0.4) is 0 Å². The van der Waals surface area contributed by atoms with Crippen molar-refractivity contribution in [2.45, 2.75) is 12.8 Å². The molecule has 0 aliphatic carbocycles. The van der Waals surface area contributed by atoms with Crippen LogP contribution in [0.1, 0.15) is 22.3 Å². The molecule has 0 bridgehead atoms. The SMILES string of the molecule is O=C(Oc1ncccc1Cc1ccc(-c2ccncc2)cc1)Oc1ncccc1Cc1ccc(-c2ccncc2)cc1. The molecule has 4 aromatic heterocycles. The smallest absolute Gasteiger partial charge is 0.375 e. The van der Waals surface area contributed by atoms with Crippen LogP contribution in [0.5, 0.6) is 11.8 Å². The van der Waals surface area contributed by atoms with Gasteiger partial charge in [0.05, 0.1) is 0 Å². The predicted molar refractivity (Wildman–Crippen MR) is 160 cm³/mol. The van der Waals surface area contributed by atoms with Gasteiger partial charge in [-0.3, -0.25) is 9.97 Å². The lowest BCUT2D eigenvalue weighted by Gasteiger charge is -2.11. The number of carbonyl (C=O) groups excluding carboxylic acids is 1. The Kier molecular flexibility index (Phi) is 7.99. The van der Waals surface area contributed by atoms with E-state index in [1.165, 1.54) is 0 Å². The Morgan fingerprint density at radius 3 is 1.26 bits per heavy atom. The molecule has 4 heterocycles. The summed E-state index contributed by atoms with van der Waals surface area (Å²) < 4.78 is 11.1. The monoisotopic (exact) mass is 550 g/mol. The van der Waals surface area contributed by atoms with Gasteiger partial charge in [0, 0.05) is 61.1 Å². The van der Waals surface area contributed by atoms with Crippen LogP contribution in [0.25, 0.3) is 22.3 Å². The summed E-state index contributed by atoms with van der Waals surface area (Å²) in [5, 5.41) is 0. The van der Waals surface area contributed by atoms with Gasteiger partial charge in [0.25, 0.3) is 0 Å². The van der Waals surface area contributed by atoms with E-state index in [0.717, 1.165) is 44.5 Å². The van der Waals surface area contributed by atoms with Crippen LogP contribution in [0.4, 0.5) is 4.79 Å². The molecule has 0 saturated carbocycles. The van der Waals surface area contributed by atoms with Gasteiger partial charge < -0.3 is 9.47 Å². The van der Waals surface area contributed by atoms with Crippen molar-refractivity contribution in [3.05, 3.63) is 156 Å². The van der Waals surface area contributed by atoms with E-state index >= 15 is 0 Å². The van der Waals surface area contributed by atoms with E-state index in [1.807, 2.05) is 48.5 Å². The number of aromatic nitrogens is 4. The molecule has 2 aromatic carbocycles. The van der Waals surface area contributed by atoms with Crippen molar-refractivity contribution in [1.29, 1.82) is 0 Å². The normalized spacial score (nSPS) is 10.7. The number of ether oxygens (including phenoxy) is 2. The lowest BCUT2D eigenvalue weighted by molar-refractivity contribution is 0.147. The second kappa shape index (κ2) is 12.7. The van der Waals surface area contributed by atoms with E-state index in [9.17, 15) is 4.79 Å². The molecule has 0 aliphatic rings. The summed E-state index contributed by atoms with van der Waals surface area (Å²) in [6.07, 6.45) is 10.5. The van der Waals surface area contributed by atoms with Crippen molar-refractivity contribution in [2.75, 3.05) is 0 Å². The summed E-state index contributed by atoms with van der Waals surface area (Å²) in [7, 11) is 0. The minimum atomic E-state index is -0.893. The first-order valence-corrected chi connectivity index (χ1v) is 13.5. The standard InChI is InChI=1S/C35H26N4O3/c40-35(41-33-31(3-1-17-38-33)23-25-5-9-27(10-6-25)29-13-19-36-20-14-29)42-34-32(4-2-18-39-34)24-26-7-11-28(12-8-26)30-15-21-37-22-16-30/h1-22H,23-24H2. The maximum Gasteiger partial charge on any atom is 0.522 e. The minimum absolute atomic E-state index is 0.199. The van der Waals surface area contributed by atoms with Crippen LogP contribution in [-0.4, -0.2) is 26.1 Å². The molecule has 7 heteroatoms. The largest absolute Gasteiger partial charge is 0.522 e. The second-order valence-corrected chi connectivity index (χ2v) is 9.61. The van der Waals surface area contributed by atoms with E-state index in [-0.39, 0.29) is 11.8 Å². The molecule has 0 N–H and O–H groups in total. The van der Waals surface area contributed by atoms with Crippen LogP contribution >= 0.6 is 0 Å². The Labute approximate surface area is 243 Å². The minimum Gasteiger partial charge on any atom is -0.375 e. The Morgan fingerprint density at radius 1 is 0.476 bits per heavy atom. The Hall–Kier alpha value is -5.69. The zero-order chi connectivity index (χ0) is 28.6. The molecule has 0 atom stereocenters. The number of hydrogen-bond acceptors (Lipinski definition) is 7. The molecule has 7 nitrogen and oxygen atoms in total. The highest BCUT2D eigenvalue weighted by Crippen LogP contribution is 2.25. The highest BCUT2D eigenvalue weighted by molar-refractivity contribution is 5.67. The summed E-state index contributed by atoms with van der Waals surface area (Å²) in [6.45, 7) is 0. The third-order valence-corrected chi connectivity index (χ3v) is 6.78. The van der Waals surface area contributed by atoms with Crippen LogP contribution < -0.4 is 9.47 Å². The van der Waals surface area contributed by atoms with Crippen LogP contribution in [-0.2, 0) is 12.8 Å². The van der Waals surface area contributed by atoms with Crippen molar-refractivity contribution in [1.82, 2.24) is 19.9 Å². The second-order valence-electron chi connectivity index (χ2n) is 9.61. The summed E-state index contributed by atoms with van der Waals surface area (Å²) in [5.74, 6) is 0.398. The van der Waals surface area contributed by atoms with Gasteiger partial charge >= 0.3 is 6.16 Å². The number of carbonyl (C=O) groups is 1. The van der Waals surface area contributed by atoms with Gasteiger partial charge in [-0.2, -0.15) is 0 Å². The number of hydrogen-bond donors (Lipinski definition) is 0. The zero-order valence-corrected chi connectivity index (χ0v) is 22.6. The summed E-state index contributed by atoms with van der Waals surface area (Å²) in [6, 6.07) is 31.7. The van der Waals surface area contributed by atoms with Crippen molar-refractivity contribution >= 4 is 6.16 Å². The molecule has 6 rings (SSSR count). The number of nitrogens with zero attached hydrogens (tertiary/aromatic N) is 4. The molecule has 0 radical (unpaired) electrons. The average molecular weight is 551 g/mol. The Morgan fingerprint density at radius 2 is 0.857 bits per heavy atom. The molecule has 204 valence electrons. The number of rotatable bonds is 8. The zero-order valence-electron chi connectivity index (χ0n) is 22.6. The van der Waals surface area contributed by atoms with Crippen LogP contribution in [0, 0.1) is 0 Å². The summed E-state index contributed by atoms with van der Waals surface area (Å²) in [5.41, 5.74) is 8.04. The fourth-order valence-corrected chi connectivity index (χ4v) is 4.64. The first-order valence-electron chi connectivity index (χ1n) is 13.5. The van der Waals surface area contributed by atoms with Gasteiger partial charge in [-0.25, -0.2) is 14.8 Å². The highest BCUT2D eigenvalue weighted by Gasteiger charge is 2.16. The molecular formula is C35H26N4O3. The van der Waals surface area contributed by atoms with Crippen molar-refractivity contribution in [3.63, 3.8) is 0 Å². The maximum absolute atomic E-state index is 12.9. The van der Waals surface area contributed by atoms with Gasteiger partial charge in [-0.1, -0.05) is 60.7 Å². The molecule has 0 unspecified atom stereocenters. The van der Waals surface area contributed by atoms with Gasteiger partial charge in [-0.05, 0) is 69.8 Å². The highest BCUT2D eigenvalue weighted by atomic mass is 16.7. The van der Waals surface area contributed by atoms with E-state index in [2.05, 4.69) is 68.5 Å². The van der Waals surface area contributed by atoms with Gasteiger partial charge in [0.1, 0.15) is 0 Å². The molecular weight excluding hydrogens is 524 g/mol. The van der Waals surface area contributed by atoms with Gasteiger partial charge in [-0.15, -0.1) is 0 Å². The number of pyridine rings is 4. The summed E-state index contributed by atoms with van der Waals surface area (Å²) in [4.78, 5) is 29.6. The first kappa shape index (κ1) is 26.5. The van der Waals surface area contributed by atoms with Gasteiger partial charge in [0.2, 0.25) is 11.8 Å². The number of benzene rings is 2. The predicted octanol–water partition coefficient (Wildman–Crippen LogP) is 7.36. The Bertz CT molecular complexity index is 1640. The van der Waals surface area contributed by atoms with E-state index in [0.29, 0.717) is 12.8 Å². The molecule has 0 fully saturated rings. The molecule has 6 aromatic rings. The average Bonchev–Trinajstić information content (AvgIpc) is 3.04. The van der Waals surface area contributed by atoms with E-state index in [4.69, 9.17) is 9.47 Å². The van der Waals surface area contributed by atoms with Crippen molar-refractivity contribution in [2.24, 2.45) is 0 Å². The first-order chi connectivity index (χ1) is 20.7. The molecule has 42 heavy (non-hydrogen) atoms. The van der Waals surface area contributed by atoms with Crippen LogP contribution in [0.2, 0.25) is 0 Å². The molecule has 0 spiro atoms. The van der Waals surface area contributed by atoms with E-state index in [1.54, 1.807) is 37.2 Å². The quantitative estimate of drug-likeness (QED) is 0.183. The topological polar surface area (TPSA) is 87.1 Å². The van der Waals surface area contributed by atoms with Gasteiger partial charge in [0.15, 0.2) is 0 Å². The summed E-state index contributed by atoms with van der Waals surface area (Å²) >= 11 is 0. The van der Waals surface area contributed by atoms with Crippen molar-refractivity contribution in [3.8, 4) is 34.0 Å². The lowest BCUT2D eigenvalue weighted by atomic mass is 10.0. The maximum atomic E-state index is 12.9. The molecule has 0 aliphatic heterocycles. The van der Waals surface area contributed by atoms with E-state index < -0.39 is 6.16 Å². The fourth-order valence-electron chi connectivity index (χ4n) is 4.64. The lowest BCUT2D eigenvalue weighted by Crippen LogP contribution is -2.17. The third-order valence-electron chi connectivity index (χ3n) is 6.78. The fraction of sp³-hybridized carbons (Fsp3) is 0.0571. The Balaban J connectivity index is 1.12. The third kappa shape index (κ3) is 6.54. The molecule has 0 saturated heterocycles. The van der Waals surface area contributed by atoms with Crippen molar-refractivity contribution < 1.29 is 14.3 Å². The molecule has 0 amide bonds.